The summed E-state index contributed by atoms with van der Waals surface area (Å²) < 4.78 is 5.16. The van der Waals surface area contributed by atoms with Gasteiger partial charge in [0, 0.05) is 5.46 Å². The van der Waals surface area contributed by atoms with E-state index in [0.717, 1.165) is 0 Å². The maximum absolute atomic E-state index is 9.23. The molecule has 0 radical (unpaired) electrons. The standard InChI is InChI=1S/C9H11BN4O3/c1-14-12-9(11-13-14)6-4-3-5-7(10(15)16)8(6)17-2/h3-5,15-16H,1-2H3. The van der Waals surface area contributed by atoms with E-state index >= 15 is 0 Å². The Hall–Kier alpha value is -1.93. The zero-order valence-electron chi connectivity index (χ0n) is 9.40. The molecule has 2 rings (SSSR count). The van der Waals surface area contributed by atoms with Gasteiger partial charge in [0.2, 0.25) is 5.82 Å². The lowest BCUT2D eigenvalue weighted by molar-refractivity contribution is 0.404. The van der Waals surface area contributed by atoms with Crippen LogP contribution in [0, 0.1) is 0 Å². The highest BCUT2D eigenvalue weighted by atomic mass is 16.5. The van der Waals surface area contributed by atoms with Gasteiger partial charge in [-0.3, -0.25) is 0 Å². The second-order valence-corrected chi connectivity index (χ2v) is 3.40. The third-order valence-electron chi connectivity index (χ3n) is 2.28. The molecule has 0 unspecified atom stereocenters. The fourth-order valence-electron chi connectivity index (χ4n) is 1.55. The monoisotopic (exact) mass is 234 g/mol. The van der Waals surface area contributed by atoms with E-state index < -0.39 is 7.12 Å². The molecule has 7 nitrogen and oxygen atoms in total. The first-order chi connectivity index (χ1) is 8.13. The van der Waals surface area contributed by atoms with Gasteiger partial charge < -0.3 is 14.8 Å². The van der Waals surface area contributed by atoms with Crippen LogP contribution in [0.15, 0.2) is 18.2 Å². The van der Waals surface area contributed by atoms with Crippen LogP contribution in [0.2, 0.25) is 0 Å². The van der Waals surface area contributed by atoms with Crippen LogP contribution in [-0.2, 0) is 7.05 Å². The van der Waals surface area contributed by atoms with Crippen molar-refractivity contribution in [2.24, 2.45) is 7.05 Å². The van der Waals surface area contributed by atoms with E-state index in [4.69, 9.17) is 4.74 Å². The van der Waals surface area contributed by atoms with Gasteiger partial charge in [-0.05, 0) is 11.3 Å². The smallest absolute Gasteiger partial charge is 0.492 e. The highest BCUT2D eigenvalue weighted by Crippen LogP contribution is 2.24. The largest absolute Gasteiger partial charge is 0.496 e. The Morgan fingerprint density at radius 1 is 1.35 bits per heavy atom. The van der Waals surface area contributed by atoms with Gasteiger partial charge in [-0.2, -0.15) is 4.80 Å². The van der Waals surface area contributed by atoms with Crippen molar-refractivity contribution in [3.05, 3.63) is 18.2 Å². The summed E-state index contributed by atoms with van der Waals surface area (Å²) in [5.41, 5.74) is 0.823. The summed E-state index contributed by atoms with van der Waals surface area (Å²) in [5.74, 6) is 0.697. The molecule has 0 amide bonds. The van der Waals surface area contributed by atoms with Crippen LogP contribution in [0.1, 0.15) is 0 Å². The number of rotatable bonds is 3. The van der Waals surface area contributed by atoms with Gasteiger partial charge in [0.25, 0.3) is 0 Å². The average Bonchev–Trinajstić information content (AvgIpc) is 2.74. The molecule has 1 aromatic carbocycles. The van der Waals surface area contributed by atoms with Gasteiger partial charge in [-0.1, -0.05) is 12.1 Å². The van der Waals surface area contributed by atoms with Crippen LogP contribution in [-0.4, -0.2) is 44.5 Å². The highest BCUT2D eigenvalue weighted by Gasteiger charge is 2.21. The highest BCUT2D eigenvalue weighted by molar-refractivity contribution is 6.60. The van der Waals surface area contributed by atoms with Gasteiger partial charge in [-0.25, -0.2) is 0 Å². The maximum atomic E-state index is 9.23. The predicted molar refractivity (Wildman–Crippen MR) is 60.6 cm³/mol. The average molecular weight is 234 g/mol. The number of benzene rings is 1. The first kappa shape index (κ1) is 11.6. The molecule has 17 heavy (non-hydrogen) atoms. The fraction of sp³-hybridized carbons (Fsp3) is 0.222. The van der Waals surface area contributed by atoms with Crippen molar-refractivity contribution in [3.8, 4) is 17.1 Å². The minimum absolute atomic E-state index is 0.262. The Morgan fingerprint density at radius 2 is 2.12 bits per heavy atom. The molecule has 0 aliphatic rings. The molecule has 0 aliphatic carbocycles. The molecule has 1 aromatic heterocycles. The van der Waals surface area contributed by atoms with Gasteiger partial charge in [0.1, 0.15) is 5.75 Å². The molecule has 0 spiro atoms. The molecule has 88 valence electrons. The lowest BCUT2D eigenvalue weighted by Crippen LogP contribution is -2.31. The molecule has 0 bridgehead atoms. The summed E-state index contributed by atoms with van der Waals surface area (Å²) in [6.45, 7) is 0. The molecule has 2 aromatic rings. The Morgan fingerprint density at radius 3 is 2.65 bits per heavy atom. The van der Waals surface area contributed by atoms with Crippen LogP contribution in [0.5, 0.6) is 5.75 Å². The lowest BCUT2D eigenvalue weighted by Gasteiger charge is -2.10. The lowest BCUT2D eigenvalue weighted by atomic mass is 9.78. The van der Waals surface area contributed by atoms with Crippen molar-refractivity contribution in [2.75, 3.05) is 7.11 Å². The van der Waals surface area contributed by atoms with Crippen LogP contribution < -0.4 is 10.2 Å². The summed E-state index contributed by atoms with van der Waals surface area (Å²) in [6, 6.07) is 4.95. The van der Waals surface area contributed by atoms with Crippen molar-refractivity contribution in [1.29, 1.82) is 0 Å². The second-order valence-electron chi connectivity index (χ2n) is 3.40. The molecule has 0 atom stereocenters. The van der Waals surface area contributed by atoms with Crippen molar-refractivity contribution in [3.63, 3.8) is 0 Å². The molecule has 2 N–H and O–H groups in total. The normalized spacial score (nSPS) is 10.4. The number of methoxy groups -OCH3 is 1. The number of ether oxygens (including phenoxy) is 1. The first-order valence-electron chi connectivity index (χ1n) is 4.91. The number of hydrogen-bond donors (Lipinski definition) is 2. The van der Waals surface area contributed by atoms with Gasteiger partial charge >= 0.3 is 7.12 Å². The Labute approximate surface area is 97.8 Å². The fourth-order valence-corrected chi connectivity index (χ4v) is 1.55. The Bertz CT molecular complexity index is 529. The maximum Gasteiger partial charge on any atom is 0.492 e. The Kier molecular flexibility index (Phi) is 3.07. The number of tetrazole rings is 1. The van der Waals surface area contributed by atoms with Crippen LogP contribution in [0.25, 0.3) is 11.4 Å². The number of hydrogen-bond acceptors (Lipinski definition) is 6. The molecule has 0 fully saturated rings. The van der Waals surface area contributed by atoms with E-state index in [0.29, 0.717) is 17.1 Å². The molecule has 8 heteroatoms. The van der Waals surface area contributed by atoms with Gasteiger partial charge in [0.15, 0.2) is 0 Å². The predicted octanol–water partition coefficient (Wildman–Crippen LogP) is -1.43. The van der Waals surface area contributed by atoms with E-state index in [9.17, 15) is 10.0 Å². The molecule has 0 saturated heterocycles. The zero-order chi connectivity index (χ0) is 12.4. The topological polar surface area (TPSA) is 93.3 Å². The van der Waals surface area contributed by atoms with E-state index in [2.05, 4.69) is 15.4 Å². The minimum atomic E-state index is -1.61. The molecule has 0 saturated carbocycles. The van der Waals surface area contributed by atoms with Crippen molar-refractivity contribution >= 4 is 12.6 Å². The molecule has 1 heterocycles. The quantitative estimate of drug-likeness (QED) is 0.632. The number of aromatic nitrogens is 4. The van der Waals surface area contributed by atoms with Crippen LogP contribution in [0.4, 0.5) is 0 Å². The van der Waals surface area contributed by atoms with Gasteiger partial charge in [0.05, 0.1) is 19.7 Å². The van der Waals surface area contributed by atoms with E-state index in [1.807, 2.05) is 0 Å². The SMILES string of the molecule is COc1c(B(O)O)cccc1-c1nnn(C)n1. The minimum Gasteiger partial charge on any atom is -0.496 e. The summed E-state index contributed by atoms with van der Waals surface area (Å²) in [5, 5.41) is 30.1. The van der Waals surface area contributed by atoms with Crippen molar-refractivity contribution in [2.45, 2.75) is 0 Å². The number of nitrogens with zero attached hydrogens (tertiary/aromatic N) is 4. The molecular weight excluding hydrogens is 223 g/mol. The van der Waals surface area contributed by atoms with E-state index in [1.165, 1.54) is 11.9 Å². The van der Waals surface area contributed by atoms with Crippen LogP contribution >= 0.6 is 0 Å². The van der Waals surface area contributed by atoms with Crippen LogP contribution in [0.3, 0.4) is 0 Å². The van der Waals surface area contributed by atoms with Crippen molar-refractivity contribution in [1.82, 2.24) is 20.2 Å². The summed E-state index contributed by atoms with van der Waals surface area (Å²) in [6.07, 6.45) is 0. The summed E-state index contributed by atoms with van der Waals surface area (Å²) in [4.78, 5) is 1.32. The van der Waals surface area contributed by atoms with E-state index in [-0.39, 0.29) is 5.46 Å². The third kappa shape index (κ3) is 2.13. The number of para-hydroxylation sites is 1. The first-order valence-corrected chi connectivity index (χ1v) is 4.91. The summed E-state index contributed by atoms with van der Waals surface area (Å²) in [7, 11) is 1.48. The molecular formula is C9H11BN4O3. The summed E-state index contributed by atoms with van der Waals surface area (Å²) >= 11 is 0. The Balaban J connectivity index is 2.58. The third-order valence-corrected chi connectivity index (χ3v) is 2.28. The number of aryl methyl sites for hydroxylation is 1. The van der Waals surface area contributed by atoms with Crippen molar-refractivity contribution < 1.29 is 14.8 Å². The van der Waals surface area contributed by atoms with Gasteiger partial charge in [-0.15, -0.1) is 10.2 Å². The van der Waals surface area contributed by atoms with E-state index in [1.54, 1.807) is 25.2 Å². The molecule has 0 aliphatic heterocycles. The zero-order valence-corrected chi connectivity index (χ0v) is 9.40. The second kappa shape index (κ2) is 4.52.